The van der Waals surface area contributed by atoms with Crippen molar-refractivity contribution in [3.63, 3.8) is 0 Å². The van der Waals surface area contributed by atoms with Crippen LogP contribution >= 0.6 is 0 Å². The molecule has 0 radical (unpaired) electrons. The molecule has 1 amide bonds. The number of likely N-dealkylation sites (tertiary alicyclic amines) is 1. The third-order valence-electron chi connectivity index (χ3n) is 4.53. The number of ether oxygens (including phenoxy) is 1. The van der Waals surface area contributed by atoms with E-state index in [0.717, 1.165) is 35.8 Å². The maximum atomic E-state index is 12.4. The number of hydrogen-bond donors (Lipinski definition) is 1. The van der Waals surface area contributed by atoms with E-state index in [9.17, 15) is 9.59 Å². The largest absolute Gasteiger partial charge is 0.466 e. The third-order valence-corrected chi connectivity index (χ3v) is 4.53. The monoisotopic (exact) mass is 340 g/mol. The van der Waals surface area contributed by atoms with Crippen molar-refractivity contribution in [2.45, 2.75) is 19.8 Å². The number of nitrogens with zero attached hydrogens (tertiary/aromatic N) is 1. The molecule has 1 atom stereocenters. The first-order valence-corrected chi connectivity index (χ1v) is 8.83. The first-order valence-electron chi connectivity index (χ1n) is 8.83. The highest BCUT2D eigenvalue weighted by Gasteiger charge is 2.27. The normalized spacial score (nSPS) is 18.0. The summed E-state index contributed by atoms with van der Waals surface area (Å²) in [4.78, 5) is 26.3. The van der Waals surface area contributed by atoms with Gasteiger partial charge in [0, 0.05) is 12.2 Å². The molecule has 1 fully saturated rings. The van der Waals surface area contributed by atoms with Gasteiger partial charge < -0.3 is 10.1 Å². The van der Waals surface area contributed by atoms with Crippen LogP contribution in [0.3, 0.4) is 0 Å². The van der Waals surface area contributed by atoms with Gasteiger partial charge in [0.15, 0.2) is 0 Å². The molecular formula is C20H24N2O3. The van der Waals surface area contributed by atoms with Crippen molar-refractivity contribution in [1.29, 1.82) is 0 Å². The number of carbonyl (C=O) groups excluding carboxylic acids is 2. The van der Waals surface area contributed by atoms with E-state index in [-0.39, 0.29) is 17.8 Å². The predicted molar refractivity (Wildman–Crippen MR) is 98.4 cm³/mol. The van der Waals surface area contributed by atoms with Gasteiger partial charge in [-0.2, -0.15) is 0 Å². The lowest BCUT2D eigenvalue weighted by molar-refractivity contribution is -0.150. The zero-order chi connectivity index (χ0) is 17.6. The van der Waals surface area contributed by atoms with Gasteiger partial charge in [0.25, 0.3) is 0 Å². The lowest BCUT2D eigenvalue weighted by Crippen LogP contribution is -2.43. The van der Waals surface area contributed by atoms with E-state index in [2.05, 4.69) is 5.32 Å². The van der Waals surface area contributed by atoms with E-state index in [1.165, 1.54) is 0 Å². The summed E-state index contributed by atoms with van der Waals surface area (Å²) in [7, 11) is 0. The van der Waals surface area contributed by atoms with Crippen LogP contribution in [0.1, 0.15) is 19.8 Å². The summed E-state index contributed by atoms with van der Waals surface area (Å²) >= 11 is 0. The summed E-state index contributed by atoms with van der Waals surface area (Å²) < 4.78 is 5.11. The molecule has 1 aliphatic rings. The maximum Gasteiger partial charge on any atom is 0.310 e. The number of rotatable bonds is 5. The Bertz CT molecular complexity index is 759. The molecule has 0 bridgehead atoms. The van der Waals surface area contributed by atoms with Gasteiger partial charge in [0.1, 0.15) is 0 Å². The summed E-state index contributed by atoms with van der Waals surface area (Å²) in [6.45, 7) is 3.93. The van der Waals surface area contributed by atoms with E-state index in [1.54, 1.807) is 0 Å². The topological polar surface area (TPSA) is 58.6 Å². The fourth-order valence-electron chi connectivity index (χ4n) is 3.32. The molecule has 2 aromatic rings. The molecular weight excluding hydrogens is 316 g/mol. The number of nitrogens with one attached hydrogen (secondary N) is 1. The Hall–Kier alpha value is -2.40. The number of amides is 1. The Balaban J connectivity index is 1.57. The van der Waals surface area contributed by atoms with E-state index >= 15 is 0 Å². The van der Waals surface area contributed by atoms with Crippen molar-refractivity contribution in [2.24, 2.45) is 5.92 Å². The predicted octanol–water partition coefficient (Wildman–Crippen LogP) is 3.05. The van der Waals surface area contributed by atoms with E-state index in [4.69, 9.17) is 4.74 Å². The van der Waals surface area contributed by atoms with Crippen molar-refractivity contribution >= 4 is 28.3 Å². The zero-order valence-corrected chi connectivity index (χ0v) is 14.5. The third kappa shape index (κ3) is 4.57. The van der Waals surface area contributed by atoms with Gasteiger partial charge in [-0.1, -0.05) is 30.3 Å². The second-order valence-electron chi connectivity index (χ2n) is 6.44. The standard InChI is InChI=1S/C20H24N2O3/c1-2-25-20(24)17-8-5-11-22(13-17)14-19(23)21-18-10-9-15-6-3-4-7-16(15)12-18/h3-4,6-7,9-10,12,17H,2,5,8,11,13-14H2,1H3,(H,21,23)/t17-/m0/s1. The van der Waals surface area contributed by atoms with Crippen molar-refractivity contribution in [3.05, 3.63) is 42.5 Å². The molecule has 5 nitrogen and oxygen atoms in total. The van der Waals surface area contributed by atoms with Crippen LogP contribution in [0.15, 0.2) is 42.5 Å². The fraction of sp³-hybridized carbons (Fsp3) is 0.400. The number of fused-ring (bicyclic) bond motifs is 1. The Kier molecular flexibility index (Phi) is 5.66. The zero-order valence-electron chi connectivity index (χ0n) is 14.5. The number of benzene rings is 2. The van der Waals surface area contributed by atoms with Gasteiger partial charge in [-0.25, -0.2) is 0 Å². The Morgan fingerprint density at radius 2 is 2.00 bits per heavy atom. The minimum absolute atomic E-state index is 0.0558. The molecule has 0 spiro atoms. The van der Waals surface area contributed by atoms with E-state index < -0.39 is 0 Å². The summed E-state index contributed by atoms with van der Waals surface area (Å²) in [6, 6.07) is 13.9. The van der Waals surface area contributed by atoms with Gasteiger partial charge in [-0.3, -0.25) is 14.5 Å². The number of anilines is 1. The van der Waals surface area contributed by atoms with Crippen molar-refractivity contribution in [1.82, 2.24) is 4.90 Å². The highest BCUT2D eigenvalue weighted by molar-refractivity contribution is 5.95. The molecule has 3 rings (SSSR count). The summed E-state index contributed by atoms with van der Waals surface area (Å²) in [5.74, 6) is -0.330. The quantitative estimate of drug-likeness (QED) is 0.850. The van der Waals surface area contributed by atoms with Crippen molar-refractivity contribution < 1.29 is 14.3 Å². The minimum Gasteiger partial charge on any atom is -0.466 e. The maximum absolute atomic E-state index is 12.4. The summed E-state index contributed by atoms with van der Waals surface area (Å²) in [6.07, 6.45) is 1.74. The van der Waals surface area contributed by atoms with Crippen LogP contribution in [-0.2, 0) is 14.3 Å². The van der Waals surface area contributed by atoms with Crippen LogP contribution in [0.25, 0.3) is 10.8 Å². The number of hydrogen-bond acceptors (Lipinski definition) is 4. The molecule has 1 aliphatic heterocycles. The molecule has 1 heterocycles. The van der Waals surface area contributed by atoms with Gasteiger partial charge in [-0.05, 0) is 49.2 Å². The molecule has 132 valence electrons. The SMILES string of the molecule is CCOC(=O)[C@H]1CCCN(CC(=O)Nc2ccc3ccccc3c2)C1. The van der Waals surface area contributed by atoms with Crippen LogP contribution in [0.4, 0.5) is 5.69 Å². The van der Waals surface area contributed by atoms with E-state index in [1.807, 2.05) is 54.3 Å². The van der Waals surface area contributed by atoms with Crippen LogP contribution in [0.2, 0.25) is 0 Å². The van der Waals surface area contributed by atoms with Crippen molar-refractivity contribution in [2.75, 3.05) is 31.6 Å². The molecule has 25 heavy (non-hydrogen) atoms. The van der Waals surface area contributed by atoms with Gasteiger partial charge >= 0.3 is 5.97 Å². The van der Waals surface area contributed by atoms with Crippen LogP contribution < -0.4 is 5.32 Å². The second kappa shape index (κ2) is 8.12. The second-order valence-corrected chi connectivity index (χ2v) is 6.44. The smallest absolute Gasteiger partial charge is 0.310 e. The molecule has 1 saturated heterocycles. The Labute approximate surface area is 148 Å². The van der Waals surface area contributed by atoms with Gasteiger partial charge in [0.2, 0.25) is 5.91 Å². The highest BCUT2D eigenvalue weighted by Crippen LogP contribution is 2.20. The molecule has 5 heteroatoms. The van der Waals surface area contributed by atoms with Gasteiger partial charge in [0.05, 0.1) is 19.1 Å². The lowest BCUT2D eigenvalue weighted by atomic mass is 9.98. The van der Waals surface area contributed by atoms with Gasteiger partial charge in [-0.15, -0.1) is 0 Å². The first-order chi connectivity index (χ1) is 12.2. The lowest BCUT2D eigenvalue weighted by Gasteiger charge is -2.30. The molecule has 2 aromatic carbocycles. The van der Waals surface area contributed by atoms with Crippen LogP contribution in [0.5, 0.6) is 0 Å². The molecule has 1 N–H and O–H groups in total. The molecule has 0 saturated carbocycles. The summed E-state index contributed by atoms with van der Waals surface area (Å²) in [5.41, 5.74) is 0.794. The molecule has 0 aromatic heterocycles. The van der Waals surface area contributed by atoms with Crippen molar-refractivity contribution in [3.8, 4) is 0 Å². The van der Waals surface area contributed by atoms with E-state index in [0.29, 0.717) is 19.7 Å². The molecule has 0 aliphatic carbocycles. The first kappa shape index (κ1) is 17.4. The number of esters is 1. The molecule has 0 unspecified atom stereocenters. The summed E-state index contributed by atoms with van der Waals surface area (Å²) in [5, 5.41) is 5.20. The average Bonchev–Trinajstić information content (AvgIpc) is 2.62. The van der Waals surface area contributed by atoms with Crippen LogP contribution in [0, 0.1) is 5.92 Å². The number of piperidine rings is 1. The Morgan fingerprint density at radius 1 is 1.20 bits per heavy atom. The van der Waals surface area contributed by atoms with Crippen LogP contribution in [-0.4, -0.2) is 43.0 Å². The highest BCUT2D eigenvalue weighted by atomic mass is 16.5. The minimum atomic E-state index is -0.151. The fourth-order valence-corrected chi connectivity index (χ4v) is 3.32. The number of carbonyl (C=O) groups is 2. The Morgan fingerprint density at radius 3 is 2.80 bits per heavy atom. The average molecular weight is 340 g/mol.